The topological polar surface area (TPSA) is 226 Å². The number of phosphoric acid groups is 1. The molecule has 1 fully saturated rings. The van der Waals surface area contributed by atoms with Crippen LogP contribution in [0.15, 0.2) is 0 Å². The van der Waals surface area contributed by atoms with Crippen molar-refractivity contribution in [3.63, 3.8) is 0 Å². The van der Waals surface area contributed by atoms with Gasteiger partial charge in [-0.1, -0.05) is 245 Å². The van der Waals surface area contributed by atoms with E-state index in [-0.39, 0.29) is 12.8 Å². The molecule has 0 aliphatic heterocycles. The zero-order valence-electron chi connectivity index (χ0n) is 42.1. The monoisotopic (exact) mass is 966 g/mol. The Morgan fingerprint density at radius 3 is 1.09 bits per heavy atom. The number of hydrogen-bond acceptors (Lipinski definition) is 11. The summed E-state index contributed by atoms with van der Waals surface area (Å²) in [5.74, 6) is -0.415. The van der Waals surface area contributed by atoms with E-state index in [9.17, 15) is 50.0 Å². The molecular weight excluding hydrogens is 862 g/mol. The highest BCUT2D eigenvalue weighted by Gasteiger charge is 2.51. The smallest absolute Gasteiger partial charge is 0.390 e. The second-order valence-electron chi connectivity index (χ2n) is 19.9. The van der Waals surface area contributed by atoms with Crippen molar-refractivity contribution in [3.8, 4) is 0 Å². The van der Waals surface area contributed by atoms with Crippen LogP contribution in [0.1, 0.15) is 264 Å². The van der Waals surface area contributed by atoms with Gasteiger partial charge in [0.2, 0.25) is 5.91 Å². The Labute approximate surface area is 402 Å². The zero-order chi connectivity index (χ0) is 48.7. The summed E-state index contributed by atoms with van der Waals surface area (Å²) < 4.78 is 23.0. The average Bonchev–Trinajstić information content (AvgIpc) is 3.30. The van der Waals surface area contributed by atoms with Crippen molar-refractivity contribution in [2.24, 2.45) is 0 Å². The first-order valence-corrected chi connectivity index (χ1v) is 29.1. The Kier molecular flexibility index (Phi) is 40.3. The largest absolute Gasteiger partial charge is 0.472 e. The van der Waals surface area contributed by atoms with Crippen molar-refractivity contribution in [3.05, 3.63) is 0 Å². The molecule has 0 radical (unpaired) electrons. The summed E-state index contributed by atoms with van der Waals surface area (Å²) in [6.07, 6.45) is 31.4. The first-order valence-electron chi connectivity index (χ1n) is 27.6. The van der Waals surface area contributed by atoms with Gasteiger partial charge < -0.3 is 46.0 Å². The van der Waals surface area contributed by atoms with Crippen molar-refractivity contribution in [2.45, 2.75) is 319 Å². The van der Waals surface area contributed by atoms with Gasteiger partial charge in [-0.2, -0.15) is 0 Å². The molecule has 1 aliphatic rings. The Balaban J connectivity index is 2.38. The number of nitrogens with one attached hydrogen (secondary N) is 1. The number of rotatable bonds is 47. The molecule has 14 heteroatoms. The normalized spacial score (nSPS) is 22.3. The zero-order valence-corrected chi connectivity index (χ0v) is 43.0. The Morgan fingerprint density at radius 2 is 0.758 bits per heavy atom. The molecule has 0 aromatic carbocycles. The van der Waals surface area contributed by atoms with Crippen LogP contribution >= 0.6 is 7.82 Å². The minimum Gasteiger partial charge on any atom is -0.390 e. The Hall–Kier alpha value is -0.700. The van der Waals surface area contributed by atoms with E-state index < -0.39 is 75.2 Å². The second-order valence-corrected chi connectivity index (χ2v) is 21.3. The minimum absolute atomic E-state index is 0.156. The van der Waals surface area contributed by atoms with Crippen LogP contribution in [0, 0.1) is 0 Å². The maximum atomic E-state index is 13.1. The van der Waals surface area contributed by atoms with Gasteiger partial charge in [-0.25, -0.2) is 4.57 Å². The van der Waals surface area contributed by atoms with Crippen LogP contribution in [0.25, 0.3) is 0 Å². The van der Waals surface area contributed by atoms with Crippen molar-refractivity contribution in [2.75, 3.05) is 6.61 Å². The van der Waals surface area contributed by atoms with Gasteiger partial charge in [-0.3, -0.25) is 13.8 Å². The van der Waals surface area contributed by atoms with Crippen molar-refractivity contribution >= 4 is 13.7 Å². The third-order valence-electron chi connectivity index (χ3n) is 13.8. The summed E-state index contributed by atoms with van der Waals surface area (Å²) in [5.41, 5.74) is 0. The number of carbonyl (C=O) groups excluding carboxylic acids is 1. The van der Waals surface area contributed by atoms with E-state index >= 15 is 0 Å². The molecular formula is C52H104NO12P. The number of amides is 1. The number of unbranched alkanes of at least 4 members (excludes halogenated alkanes) is 35. The van der Waals surface area contributed by atoms with Gasteiger partial charge in [-0.15, -0.1) is 0 Å². The molecule has 1 saturated carbocycles. The quantitative estimate of drug-likeness (QED) is 0.0205. The van der Waals surface area contributed by atoms with Gasteiger partial charge in [0.05, 0.1) is 18.8 Å². The molecule has 394 valence electrons. The van der Waals surface area contributed by atoms with Crippen LogP contribution in [0.3, 0.4) is 0 Å². The first kappa shape index (κ1) is 63.3. The molecule has 0 spiro atoms. The predicted molar refractivity (Wildman–Crippen MR) is 266 cm³/mol. The van der Waals surface area contributed by atoms with E-state index in [1.165, 1.54) is 186 Å². The van der Waals surface area contributed by atoms with Crippen molar-refractivity contribution < 1.29 is 59.0 Å². The number of aliphatic hydroxyl groups excluding tert-OH is 7. The van der Waals surface area contributed by atoms with E-state index in [0.717, 1.165) is 38.5 Å². The minimum atomic E-state index is -5.16. The fraction of sp³-hybridized carbons (Fsp3) is 0.981. The third-order valence-corrected chi connectivity index (χ3v) is 14.7. The first-order chi connectivity index (χ1) is 31.9. The molecule has 0 aromatic rings. The van der Waals surface area contributed by atoms with E-state index in [0.29, 0.717) is 12.8 Å². The van der Waals surface area contributed by atoms with Gasteiger partial charge in [0, 0.05) is 6.42 Å². The molecule has 9 N–H and O–H groups in total. The highest BCUT2D eigenvalue weighted by molar-refractivity contribution is 7.47. The van der Waals surface area contributed by atoms with E-state index in [1.54, 1.807) is 0 Å². The van der Waals surface area contributed by atoms with Gasteiger partial charge in [-0.05, 0) is 12.8 Å². The van der Waals surface area contributed by atoms with E-state index in [1.807, 2.05) is 0 Å². The van der Waals surface area contributed by atoms with Crippen LogP contribution in [0.5, 0.6) is 0 Å². The number of carbonyl (C=O) groups is 1. The van der Waals surface area contributed by atoms with Crippen LogP contribution in [-0.4, -0.2) is 108 Å². The molecule has 1 amide bonds. The summed E-state index contributed by atoms with van der Waals surface area (Å²) in [6, 6.07) is -1.30. The lowest BCUT2D eigenvalue weighted by Gasteiger charge is -2.41. The van der Waals surface area contributed by atoms with Crippen LogP contribution in [0.4, 0.5) is 0 Å². The number of phosphoric ester groups is 1. The van der Waals surface area contributed by atoms with Crippen molar-refractivity contribution in [1.82, 2.24) is 5.32 Å². The highest BCUT2D eigenvalue weighted by atomic mass is 31.2. The lowest BCUT2D eigenvalue weighted by molar-refractivity contribution is -0.220. The number of aliphatic hydroxyl groups is 7. The summed E-state index contributed by atoms with van der Waals surface area (Å²) in [6.45, 7) is 3.75. The molecule has 6 unspecified atom stereocenters. The maximum absolute atomic E-state index is 13.1. The molecule has 13 nitrogen and oxygen atoms in total. The molecule has 66 heavy (non-hydrogen) atoms. The summed E-state index contributed by atoms with van der Waals surface area (Å²) in [4.78, 5) is 23.5. The summed E-state index contributed by atoms with van der Waals surface area (Å²) >= 11 is 0. The SMILES string of the molecule is CCCCCCCCCCCCCCCCCCCCCCCCCC(=O)N[C@@H](COP(=O)(O)OC1C(O)C(O)C(O)[C@@H](O)C1O)[C@H](O)[C@H](O)CCCCCCCCCCCCCCCC. The molecule has 0 heterocycles. The number of hydrogen-bond donors (Lipinski definition) is 9. The van der Waals surface area contributed by atoms with Gasteiger partial charge in [0.1, 0.15) is 42.7 Å². The van der Waals surface area contributed by atoms with Crippen LogP contribution < -0.4 is 5.32 Å². The molecule has 10 atom stereocenters. The Bertz CT molecular complexity index is 1140. The van der Waals surface area contributed by atoms with E-state index in [4.69, 9.17) is 9.05 Å². The van der Waals surface area contributed by atoms with Crippen molar-refractivity contribution in [1.29, 1.82) is 0 Å². The average molecular weight is 966 g/mol. The third kappa shape index (κ3) is 32.2. The molecule has 1 rings (SSSR count). The van der Waals surface area contributed by atoms with Gasteiger partial charge in [0.15, 0.2) is 0 Å². The second kappa shape index (κ2) is 42.0. The maximum Gasteiger partial charge on any atom is 0.472 e. The standard InChI is InChI=1S/C52H104NO12P/c1-3-5-7-9-11-13-15-17-19-20-21-22-23-24-25-26-27-29-31-33-35-37-39-41-45(55)53-43(42-64-66(62,63)65-52-50(60)48(58)47(57)49(59)51(52)61)46(56)44(54)40-38-36-34-32-30-28-18-16-14-12-10-8-6-4-2/h43-44,46-52,54,56-61H,3-42H2,1-2H3,(H,53,55)(H,62,63)/t43-,44+,46-,47?,48+,49?,50?,51?,52?/m0/s1. The highest BCUT2D eigenvalue weighted by Crippen LogP contribution is 2.47. The van der Waals surface area contributed by atoms with E-state index in [2.05, 4.69) is 19.2 Å². The Morgan fingerprint density at radius 1 is 0.470 bits per heavy atom. The van der Waals surface area contributed by atoms with Gasteiger partial charge >= 0.3 is 7.82 Å². The summed E-state index contributed by atoms with van der Waals surface area (Å²) in [5, 5.41) is 75.2. The fourth-order valence-electron chi connectivity index (χ4n) is 9.24. The molecule has 0 bridgehead atoms. The van der Waals surface area contributed by atoms with Gasteiger partial charge in [0.25, 0.3) is 0 Å². The molecule has 0 aromatic heterocycles. The molecule has 0 saturated heterocycles. The fourth-order valence-corrected chi connectivity index (χ4v) is 10.2. The van der Waals surface area contributed by atoms with Crippen LogP contribution in [-0.2, 0) is 18.4 Å². The van der Waals surface area contributed by atoms with Crippen LogP contribution in [0.2, 0.25) is 0 Å². The lowest BCUT2D eigenvalue weighted by atomic mass is 9.85. The summed E-state index contributed by atoms with van der Waals surface area (Å²) in [7, 11) is -5.16. The molecule has 1 aliphatic carbocycles. The predicted octanol–water partition coefficient (Wildman–Crippen LogP) is 10.8. The lowest BCUT2D eigenvalue weighted by Crippen LogP contribution is -2.64.